The first kappa shape index (κ1) is 14.0. The molecule has 0 atom stereocenters. The van der Waals surface area contributed by atoms with E-state index >= 15 is 0 Å². The number of anilines is 1. The van der Waals surface area contributed by atoms with Crippen LogP contribution < -0.4 is 11.1 Å². The molecule has 0 fully saturated rings. The summed E-state index contributed by atoms with van der Waals surface area (Å²) in [6.07, 6.45) is -0.123. The zero-order valence-corrected chi connectivity index (χ0v) is 10.9. The molecule has 0 saturated heterocycles. The summed E-state index contributed by atoms with van der Waals surface area (Å²) < 4.78 is 0. The Labute approximate surface area is 107 Å². The third kappa shape index (κ3) is 3.48. The maximum Gasteiger partial charge on any atom is 0.232 e. The van der Waals surface area contributed by atoms with Crippen molar-refractivity contribution in [2.45, 2.75) is 33.1 Å². The van der Waals surface area contributed by atoms with Crippen LogP contribution in [0.2, 0.25) is 0 Å². The number of hydrogen-bond donors (Lipinski definition) is 3. The van der Waals surface area contributed by atoms with Crippen molar-refractivity contribution in [2.75, 3.05) is 5.32 Å². The van der Waals surface area contributed by atoms with E-state index in [1.54, 1.807) is 0 Å². The predicted octanol–water partition coefficient (Wildman–Crippen LogP) is 2.19. The van der Waals surface area contributed by atoms with Crippen molar-refractivity contribution in [3.8, 4) is 0 Å². The zero-order chi connectivity index (χ0) is 13.7. The SMILES string of the molecule is Cc1cccc(C(C)C)c1NC(=O)C/C(N)=N/O. The molecule has 0 aliphatic heterocycles. The Morgan fingerprint density at radius 3 is 2.72 bits per heavy atom. The van der Waals surface area contributed by atoms with Gasteiger partial charge in [0.25, 0.3) is 0 Å². The Kier molecular flexibility index (Phi) is 4.71. The summed E-state index contributed by atoms with van der Waals surface area (Å²) in [5.74, 6) is -0.0854. The molecule has 5 heteroatoms. The van der Waals surface area contributed by atoms with Gasteiger partial charge in [-0.3, -0.25) is 4.79 Å². The molecule has 1 aromatic rings. The van der Waals surface area contributed by atoms with Crippen LogP contribution in [0.3, 0.4) is 0 Å². The van der Waals surface area contributed by atoms with Crippen LogP contribution in [0.4, 0.5) is 5.69 Å². The minimum atomic E-state index is -0.290. The number of amidine groups is 1. The predicted molar refractivity (Wildman–Crippen MR) is 71.9 cm³/mol. The molecular weight excluding hydrogens is 230 g/mol. The summed E-state index contributed by atoms with van der Waals surface area (Å²) in [5.41, 5.74) is 8.18. The number of para-hydroxylation sites is 1. The van der Waals surface area contributed by atoms with Gasteiger partial charge < -0.3 is 16.3 Å². The maximum atomic E-state index is 11.7. The fourth-order valence-corrected chi connectivity index (χ4v) is 1.73. The van der Waals surface area contributed by atoms with E-state index < -0.39 is 0 Å². The molecule has 98 valence electrons. The molecule has 4 N–H and O–H groups in total. The van der Waals surface area contributed by atoms with E-state index in [2.05, 4.69) is 24.3 Å². The molecule has 1 amide bonds. The fraction of sp³-hybridized carbons (Fsp3) is 0.385. The number of rotatable bonds is 4. The molecule has 18 heavy (non-hydrogen) atoms. The lowest BCUT2D eigenvalue weighted by Crippen LogP contribution is -2.23. The number of carbonyl (C=O) groups is 1. The molecule has 0 spiro atoms. The highest BCUT2D eigenvalue weighted by molar-refractivity contribution is 6.05. The third-order valence-corrected chi connectivity index (χ3v) is 2.66. The third-order valence-electron chi connectivity index (χ3n) is 2.66. The zero-order valence-electron chi connectivity index (χ0n) is 10.9. The second-order valence-electron chi connectivity index (χ2n) is 4.51. The average Bonchev–Trinajstić information content (AvgIpc) is 2.31. The van der Waals surface area contributed by atoms with E-state index in [0.717, 1.165) is 16.8 Å². The van der Waals surface area contributed by atoms with Crippen molar-refractivity contribution in [1.82, 2.24) is 0 Å². The van der Waals surface area contributed by atoms with Crippen LogP contribution in [0, 0.1) is 6.92 Å². The van der Waals surface area contributed by atoms with Gasteiger partial charge in [-0.05, 0) is 24.0 Å². The van der Waals surface area contributed by atoms with Gasteiger partial charge in [0.15, 0.2) is 0 Å². The van der Waals surface area contributed by atoms with Gasteiger partial charge in [0.1, 0.15) is 5.84 Å². The summed E-state index contributed by atoms with van der Waals surface area (Å²) >= 11 is 0. The second kappa shape index (κ2) is 6.05. The molecule has 0 radical (unpaired) electrons. The number of benzene rings is 1. The number of nitrogens with one attached hydrogen (secondary N) is 1. The monoisotopic (exact) mass is 249 g/mol. The fourth-order valence-electron chi connectivity index (χ4n) is 1.73. The van der Waals surface area contributed by atoms with Gasteiger partial charge in [-0.2, -0.15) is 0 Å². The van der Waals surface area contributed by atoms with Gasteiger partial charge >= 0.3 is 0 Å². The molecular formula is C13H19N3O2. The van der Waals surface area contributed by atoms with Crippen molar-refractivity contribution in [2.24, 2.45) is 10.9 Å². The van der Waals surface area contributed by atoms with Gasteiger partial charge in [0.2, 0.25) is 5.91 Å². The van der Waals surface area contributed by atoms with E-state index in [1.165, 1.54) is 0 Å². The minimum Gasteiger partial charge on any atom is -0.409 e. The molecule has 0 heterocycles. The first-order valence-electron chi connectivity index (χ1n) is 5.81. The minimum absolute atomic E-state index is 0.104. The van der Waals surface area contributed by atoms with Crippen LogP contribution >= 0.6 is 0 Å². The smallest absolute Gasteiger partial charge is 0.232 e. The summed E-state index contributed by atoms with van der Waals surface area (Å²) in [7, 11) is 0. The summed E-state index contributed by atoms with van der Waals surface area (Å²) in [6, 6.07) is 5.88. The number of aryl methyl sites for hydroxylation is 1. The summed E-state index contributed by atoms with van der Waals surface area (Å²) in [6.45, 7) is 6.06. The van der Waals surface area contributed by atoms with E-state index in [0.29, 0.717) is 5.92 Å². The largest absolute Gasteiger partial charge is 0.409 e. The number of amides is 1. The lowest BCUT2D eigenvalue weighted by atomic mass is 9.98. The summed E-state index contributed by atoms with van der Waals surface area (Å²) in [4.78, 5) is 11.7. The van der Waals surface area contributed by atoms with Crippen molar-refractivity contribution in [3.63, 3.8) is 0 Å². The Morgan fingerprint density at radius 1 is 1.50 bits per heavy atom. The number of nitrogens with two attached hydrogens (primary N) is 1. The van der Waals surface area contributed by atoms with Gasteiger partial charge in [-0.15, -0.1) is 0 Å². The van der Waals surface area contributed by atoms with Crippen LogP contribution in [0.15, 0.2) is 23.4 Å². The maximum absolute atomic E-state index is 11.7. The Morgan fingerprint density at radius 2 is 2.17 bits per heavy atom. The van der Waals surface area contributed by atoms with Crippen LogP contribution in [0.1, 0.15) is 37.3 Å². The number of nitrogens with zero attached hydrogens (tertiary/aromatic N) is 1. The van der Waals surface area contributed by atoms with E-state index in [4.69, 9.17) is 10.9 Å². The van der Waals surface area contributed by atoms with E-state index in [9.17, 15) is 4.79 Å². The van der Waals surface area contributed by atoms with Crippen LogP contribution in [-0.4, -0.2) is 17.0 Å². The lowest BCUT2D eigenvalue weighted by Gasteiger charge is -2.16. The van der Waals surface area contributed by atoms with Crippen LogP contribution in [0.25, 0.3) is 0 Å². The number of hydrogen-bond acceptors (Lipinski definition) is 3. The quantitative estimate of drug-likeness (QED) is 0.331. The van der Waals surface area contributed by atoms with Gasteiger partial charge in [-0.25, -0.2) is 0 Å². The van der Waals surface area contributed by atoms with E-state index in [-0.39, 0.29) is 18.2 Å². The van der Waals surface area contributed by atoms with Crippen molar-refractivity contribution in [3.05, 3.63) is 29.3 Å². The molecule has 0 saturated carbocycles. The molecule has 0 aromatic heterocycles. The Bertz CT molecular complexity index is 467. The topological polar surface area (TPSA) is 87.7 Å². The first-order chi connectivity index (χ1) is 8.45. The van der Waals surface area contributed by atoms with Crippen LogP contribution in [0.5, 0.6) is 0 Å². The molecule has 1 rings (SSSR count). The lowest BCUT2D eigenvalue weighted by molar-refractivity contribution is -0.115. The van der Waals surface area contributed by atoms with Gasteiger partial charge in [0.05, 0.1) is 6.42 Å². The van der Waals surface area contributed by atoms with Crippen molar-refractivity contribution >= 4 is 17.4 Å². The standard InChI is InChI=1S/C13H19N3O2/c1-8(2)10-6-4-5-9(3)13(10)15-12(17)7-11(14)16-18/h4-6,8,18H,7H2,1-3H3,(H2,14,16)(H,15,17). The molecule has 5 nitrogen and oxygen atoms in total. The Hall–Kier alpha value is -2.04. The highest BCUT2D eigenvalue weighted by atomic mass is 16.4. The van der Waals surface area contributed by atoms with Gasteiger partial charge in [0, 0.05) is 5.69 Å². The molecule has 1 aromatic carbocycles. The highest BCUT2D eigenvalue weighted by Gasteiger charge is 2.12. The summed E-state index contributed by atoms with van der Waals surface area (Å²) in [5, 5.41) is 14.0. The first-order valence-corrected chi connectivity index (χ1v) is 5.81. The van der Waals surface area contributed by atoms with Crippen molar-refractivity contribution in [1.29, 1.82) is 0 Å². The molecule has 0 aliphatic rings. The molecule has 0 aliphatic carbocycles. The Balaban J connectivity index is 2.93. The number of carbonyl (C=O) groups excluding carboxylic acids is 1. The molecule has 0 bridgehead atoms. The number of oxime groups is 1. The molecule has 0 unspecified atom stereocenters. The second-order valence-corrected chi connectivity index (χ2v) is 4.51. The van der Waals surface area contributed by atoms with E-state index in [1.807, 2.05) is 25.1 Å². The van der Waals surface area contributed by atoms with Gasteiger partial charge in [-0.1, -0.05) is 37.2 Å². The van der Waals surface area contributed by atoms with Crippen LogP contribution in [-0.2, 0) is 4.79 Å². The average molecular weight is 249 g/mol. The normalized spacial score (nSPS) is 11.7. The highest BCUT2D eigenvalue weighted by Crippen LogP contribution is 2.27. The van der Waals surface area contributed by atoms with Crippen molar-refractivity contribution < 1.29 is 10.0 Å².